The quantitative estimate of drug-likeness (QED) is 0.299. The first-order valence-corrected chi connectivity index (χ1v) is 12.9. The average molecular weight is 478 g/mol. The summed E-state index contributed by atoms with van der Waals surface area (Å²) in [4.78, 5) is 30.5. The Morgan fingerprint density at radius 2 is 1.50 bits per heavy atom. The minimum Gasteiger partial charge on any atom is -0.321 e. The molecule has 1 heterocycles. The lowest BCUT2D eigenvalue weighted by Crippen LogP contribution is -2.13. The highest BCUT2D eigenvalue weighted by Crippen LogP contribution is 2.27. The molecule has 0 radical (unpaired) electrons. The largest absolute Gasteiger partial charge is 0.321 e. The Balaban J connectivity index is 1.61. The number of hydrogen-bond donors (Lipinski definition) is 2. The fourth-order valence-electron chi connectivity index (χ4n) is 4.13. The molecule has 6 heteroatoms. The van der Waals surface area contributed by atoms with E-state index in [2.05, 4.69) is 22.5 Å². The standard InChI is InChI=1S/C28H35N3O2S/c1-6-7-8-9-10-11-22-12-14-23(15-13-22)26(32)31-28-29-21(5)25(34-28)27(33)30-24-19(3)16-18(2)17-20(24)4/h12-17H,6-11H2,1-5H3,(H,30,33)(H,29,31,32). The van der Waals surface area contributed by atoms with Crippen LogP contribution in [0, 0.1) is 27.7 Å². The van der Waals surface area contributed by atoms with Crippen molar-refractivity contribution in [3.63, 3.8) is 0 Å². The van der Waals surface area contributed by atoms with Crippen molar-refractivity contribution in [1.82, 2.24) is 4.98 Å². The van der Waals surface area contributed by atoms with E-state index in [0.717, 1.165) is 28.8 Å². The van der Waals surface area contributed by atoms with Crippen molar-refractivity contribution in [2.75, 3.05) is 10.6 Å². The lowest BCUT2D eigenvalue weighted by Gasteiger charge is -2.12. The van der Waals surface area contributed by atoms with Crippen LogP contribution in [-0.4, -0.2) is 16.8 Å². The predicted octanol–water partition coefficient (Wildman–Crippen LogP) is 7.39. The third-order valence-electron chi connectivity index (χ3n) is 5.92. The Labute approximate surface area is 207 Å². The number of carbonyl (C=O) groups is 2. The van der Waals surface area contributed by atoms with Crippen LogP contribution in [0.1, 0.15) is 87.0 Å². The average Bonchev–Trinajstić information content (AvgIpc) is 3.16. The van der Waals surface area contributed by atoms with Gasteiger partial charge in [-0.05, 0) is 69.4 Å². The molecule has 0 fully saturated rings. The maximum Gasteiger partial charge on any atom is 0.267 e. The molecule has 34 heavy (non-hydrogen) atoms. The van der Waals surface area contributed by atoms with E-state index < -0.39 is 0 Å². The van der Waals surface area contributed by atoms with Crippen LogP contribution >= 0.6 is 11.3 Å². The van der Waals surface area contributed by atoms with Crippen LogP contribution in [0.5, 0.6) is 0 Å². The highest BCUT2D eigenvalue weighted by Gasteiger charge is 2.19. The Morgan fingerprint density at radius 3 is 2.15 bits per heavy atom. The van der Waals surface area contributed by atoms with Crippen LogP contribution in [0.3, 0.4) is 0 Å². The summed E-state index contributed by atoms with van der Waals surface area (Å²) in [6, 6.07) is 11.8. The van der Waals surface area contributed by atoms with E-state index >= 15 is 0 Å². The van der Waals surface area contributed by atoms with Gasteiger partial charge in [-0.1, -0.05) is 73.8 Å². The zero-order chi connectivity index (χ0) is 24.7. The number of anilines is 2. The van der Waals surface area contributed by atoms with Gasteiger partial charge in [0.2, 0.25) is 0 Å². The second-order valence-corrected chi connectivity index (χ2v) is 9.98. The first kappa shape index (κ1) is 25.6. The number of unbranched alkanes of at least 4 members (excludes halogenated alkanes) is 4. The Bertz CT molecular complexity index is 1130. The van der Waals surface area contributed by atoms with Crippen LogP contribution in [0.4, 0.5) is 10.8 Å². The summed E-state index contributed by atoms with van der Waals surface area (Å²) in [5, 5.41) is 6.28. The number of thiazole rings is 1. The first-order chi connectivity index (χ1) is 16.3. The van der Waals surface area contributed by atoms with E-state index in [1.165, 1.54) is 49.0 Å². The van der Waals surface area contributed by atoms with Crippen molar-refractivity contribution < 1.29 is 9.59 Å². The predicted molar refractivity (Wildman–Crippen MR) is 142 cm³/mol. The molecule has 1 aromatic heterocycles. The number of nitrogens with one attached hydrogen (secondary N) is 2. The maximum atomic E-state index is 12.9. The second kappa shape index (κ2) is 11.9. The monoisotopic (exact) mass is 477 g/mol. The number of rotatable bonds is 10. The summed E-state index contributed by atoms with van der Waals surface area (Å²) in [7, 11) is 0. The van der Waals surface area contributed by atoms with Gasteiger partial charge in [-0.25, -0.2) is 4.98 Å². The molecule has 0 saturated carbocycles. The van der Waals surface area contributed by atoms with Crippen LogP contribution < -0.4 is 10.6 Å². The van der Waals surface area contributed by atoms with Crippen molar-refractivity contribution >= 4 is 34.0 Å². The van der Waals surface area contributed by atoms with E-state index in [1.807, 2.05) is 57.2 Å². The molecular weight excluding hydrogens is 442 g/mol. The topological polar surface area (TPSA) is 71.1 Å². The van der Waals surface area contributed by atoms with Gasteiger partial charge in [-0.3, -0.25) is 14.9 Å². The SMILES string of the molecule is CCCCCCCc1ccc(C(=O)Nc2nc(C)c(C(=O)Nc3c(C)cc(C)cc3C)s2)cc1. The molecular formula is C28H35N3O2S. The molecule has 0 aliphatic carbocycles. The number of aromatic nitrogens is 1. The third-order valence-corrected chi connectivity index (χ3v) is 7.00. The number of hydrogen-bond acceptors (Lipinski definition) is 4. The van der Waals surface area contributed by atoms with Crippen molar-refractivity contribution in [2.24, 2.45) is 0 Å². The summed E-state index contributed by atoms with van der Waals surface area (Å²) in [5.41, 5.74) is 6.44. The highest BCUT2D eigenvalue weighted by atomic mass is 32.1. The molecule has 180 valence electrons. The summed E-state index contributed by atoms with van der Waals surface area (Å²) < 4.78 is 0. The van der Waals surface area contributed by atoms with Crippen LogP contribution in [0.25, 0.3) is 0 Å². The number of nitrogens with zero attached hydrogens (tertiary/aromatic N) is 1. The van der Waals surface area contributed by atoms with E-state index in [4.69, 9.17) is 0 Å². The molecule has 0 spiro atoms. The van der Waals surface area contributed by atoms with Gasteiger partial charge < -0.3 is 5.32 Å². The normalized spacial score (nSPS) is 10.9. The number of carbonyl (C=O) groups excluding carboxylic acids is 2. The molecule has 0 saturated heterocycles. The minimum absolute atomic E-state index is 0.214. The number of amides is 2. The molecule has 0 aliphatic heterocycles. The number of benzene rings is 2. The van der Waals surface area contributed by atoms with Crippen molar-refractivity contribution in [2.45, 2.75) is 73.1 Å². The van der Waals surface area contributed by atoms with Crippen LogP contribution in [0.15, 0.2) is 36.4 Å². The van der Waals surface area contributed by atoms with Gasteiger partial charge in [0.15, 0.2) is 5.13 Å². The molecule has 2 aromatic carbocycles. The molecule has 2 N–H and O–H groups in total. The minimum atomic E-state index is -0.222. The van der Waals surface area contributed by atoms with E-state index in [9.17, 15) is 9.59 Å². The van der Waals surface area contributed by atoms with Gasteiger partial charge in [0.05, 0.1) is 5.69 Å². The Hall–Kier alpha value is -2.99. The lowest BCUT2D eigenvalue weighted by molar-refractivity contribution is 0.102. The van der Waals surface area contributed by atoms with Gasteiger partial charge >= 0.3 is 0 Å². The maximum absolute atomic E-state index is 12.9. The second-order valence-electron chi connectivity index (χ2n) is 8.98. The van der Waals surface area contributed by atoms with E-state index in [0.29, 0.717) is 21.3 Å². The van der Waals surface area contributed by atoms with Crippen LogP contribution in [-0.2, 0) is 6.42 Å². The van der Waals surface area contributed by atoms with Gasteiger partial charge in [-0.15, -0.1) is 0 Å². The molecule has 3 aromatic rings. The Morgan fingerprint density at radius 1 is 0.853 bits per heavy atom. The van der Waals surface area contributed by atoms with Gasteiger partial charge in [0.1, 0.15) is 4.88 Å². The summed E-state index contributed by atoms with van der Waals surface area (Å²) >= 11 is 1.19. The van der Waals surface area contributed by atoms with Gasteiger partial charge in [-0.2, -0.15) is 0 Å². The first-order valence-electron chi connectivity index (χ1n) is 12.1. The molecule has 0 bridgehead atoms. The van der Waals surface area contributed by atoms with Crippen LogP contribution in [0.2, 0.25) is 0 Å². The third kappa shape index (κ3) is 6.76. The summed E-state index contributed by atoms with van der Waals surface area (Å²) in [6.45, 7) is 10.0. The zero-order valence-corrected chi connectivity index (χ0v) is 21.7. The fraction of sp³-hybridized carbons (Fsp3) is 0.393. The van der Waals surface area contributed by atoms with Gasteiger partial charge in [0, 0.05) is 11.3 Å². The highest BCUT2D eigenvalue weighted by molar-refractivity contribution is 7.17. The molecule has 2 amide bonds. The molecule has 3 rings (SSSR count). The number of aryl methyl sites for hydroxylation is 5. The molecule has 0 aliphatic rings. The molecule has 5 nitrogen and oxygen atoms in total. The summed E-state index contributed by atoms with van der Waals surface area (Å²) in [6.07, 6.45) is 7.30. The molecule has 0 atom stereocenters. The zero-order valence-electron chi connectivity index (χ0n) is 20.9. The van der Waals surface area contributed by atoms with E-state index in [1.54, 1.807) is 6.92 Å². The van der Waals surface area contributed by atoms with Crippen molar-refractivity contribution in [3.8, 4) is 0 Å². The molecule has 0 unspecified atom stereocenters. The lowest BCUT2D eigenvalue weighted by atomic mass is 10.0. The summed E-state index contributed by atoms with van der Waals surface area (Å²) in [5.74, 6) is -0.436. The fourth-order valence-corrected chi connectivity index (χ4v) is 4.99. The van der Waals surface area contributed by atoms with Gasteiger partial charge in [0.25, 0.3) is 11.8 Å². The van der Waals surface area contributed by atoms with Crippen molar-refractivity contribution in [1.29, 1.82) is 0 Å². The van der Waals surface area contributed by atoms with E-state index in [-0.39, 0.29) is 11.8 Å². The Kier molecular flexibility index (Phi) is 8.99. The van der Waals surface area contributed by atoms with Crippen molar-refractivity contribution in [3.05, 3.63) is 74.8 Å². The smallest absolute Gasteiger partial charge is 0.267 e.